The minimum absolute atomic E-state index is 0.139. The second-order valence-electron chi connectivity index (χ2n) is 8.85. The summed E-state index contributed by atoms with van der Waals surface area (Å²) in [5, 5.41) is 15.2. The fourth-order valence-electron chi connectivity index (χ4n) is 4.06. The first-order chi connectivity index (χ1) is 18.8. The number of nitrogens with one attached hydrogen (secondary N) is 4. The molecule has 3 aromatic heterocycles. The third kappa shape index (κ3) is 5.50. The van der Waals surface area contributed by atoms with Gasteiger partial charge in [-0.1, -0.05) is 30.3 Å². The first kappa shape index (κ1) is 25.3. The molecule has 0 aliphatic rings. The lowest BCUT2D eigenvalue weighted by atomic mass is 10.1. The van der Waals surface area contributed by atoms with Gasteiger partial charge in [-0.25, -0.2) is 23.5 Å². The van der Waals surface area contributed by atoms with Crippen LogP contribution in [0.3, 0.4) is 0 Å². The van der Waals surface area contributed by atoms with Crippen LogP contribution in [0.1, 0.15) is 40.0 Å². The molecule has 39 heavy (non-hydrogen) atoms. The molecule has 1 unspecified atom stereocenters. The van der Waals surface area contributed by atoms with Gasteiger partial charge in [-0.05, 0) is 47.9 Å². The summed E-state index contributed by atoms with van der Waals surface area (Å²) in [4.78, 5) is 38.4. The molecular formula is C28H21F2N7O2. The maximum absolute atomic E-state index is 13.6. The summed E-state index contributed by atoms with van der Waals surface area (Å²) in [6.07, 6.45) is 3.03. The molecule has 0 fully saturated rings. The molecule has 0 saturated heterocycles. The molecule has 11 heteroatoms. The van der Waals surface area contributed by atoms with Crippen LogP contribution in [0.5, 0.6) is 0 Å². The van der Waals surface area contributed by atoms with Gasteiger partial charge in [0.2, 0.25) is 0 Å². The molecular weight excluding hydrogens is 504 g/mol. The maximum atomic E-state index is 13.6. The van der Waals surface area contributed by atoms with Gasteiger partial charge in [0.1, 0.15) is 11.9 Å². The Kier molecular flexibility index (Phi) is 6.84. The number of anilines is 1. The molecule has 194 valence electrons. The van der Waals surface area contributed by atoms with E-state index < -0.39 is 23.6 Å². The van der Waals surface area contributed by atoms with Crippen molar-refractivity contribution in [2.24, 2.45) is 0 Å². The van der Waals surface area contributed by atoms with E-state index in [1.165, 1.54) is 18.3 Å². The van der Waals surface area contributed by atoms with Crippen molar-refractivity contribution in [3.8, 4) is 17.2 Å². The van der Waals surface area contributed by atoms with Crippen molar-refractivity contribution in [1.82, 2.24) is 25.3 Å². The number of nitrogens with zero attached hydrogens (tertiary/aromatic N) is 3. The Morgan fingerprint density at radius 2 is 1.79 bits per heavy atom. The fourth-order valence-corrected chi connectivity index (χ4v) is 4.06. The van der Waals surface area contributed by atoms with Crippen LogP contribution in [0.15, 0.2) is 71.8 Å². The van der Waals surface area contributed by atoms with E-state index in [1.54, 1.807) is 13.1 Å². The van der Waals surface area contributed by atoms with Gasteiger partial charge in [0.25, 0.3) is 5.91 Å². The minimum atomic E-state index is -1.01. The normalized spacial score (nSPS) is 11.6. The summed E-state index contributed by atoms with van der Waals surface area (Å²) < 4.78 is 26.9. The number of benzene rings is 2. The maximum Gasteiger partial charge on any atom is 0.325 e. The van der Waals surface area contributed by atoms with Gasteiger partial charge in [0.05, 0.1) is 22.7 Å². The lowest BCUT2D eigenvalue weighted by Crippen LogP contribution is -2.28. The van der Waals surface area contributed by atoms with Crippen molar-refractivity contribution in [3.63, 3.8) is 0 Å². The van der Waals surface area contributed by atoms with E-state index in [9.17, 15) is 23.6 Å². The lowest BCUT2D eigenvalue weighted by Gasteiger charge is -2.17. The van der Waals surface area contributed by atoms with E-state index in [1.807, 2.05) is 36.4 Å². The Morgan fingerprint density at radius 3 is 2.54 bits per heavy atom. The number of nitriles is 1. The highest BCUT2D eigenvalue weighted by Gasteiger charge is 2.18. The molecule has 2 aromatic carbocycles. The largest absolute Gasteiger partial charge is 0.365 e. The van der Waals surface area contributed by atoms with Crippen LogP contribution < -0.4 is 16.3 Å². The molecule has 1 atom stereocenters. The lowest BCUT2D eigenvalue weighted by molar-refractivity contribution is 0.0940. The van der Waals surface area contributed by atoms with Crippen molar-refractivity contribution in [2.45, 2.75) is 19.5 Å². The number of carbonyl (C=O) groups excluding carboxylic acids is 1. The van der Waals surface area contributed by atoms with E-state index in [-0.39, 0.29) is 22.6 Å². The number of H-pyrrole nitrogens is 2. The molecule has 3 heterocycles. The topological polar surface area (TPSA) is 139 Å². The highest BCUT2D eigenvalue weighted by Crippen LogP contribution is 2.23. The number of amides is 1. The summed E-state index contributed by atoms with van der Waals surface area (Å²) in [7, 11) is 0. The second kappa shape index (κ2) is 10.5. The van der Waals surface area contributed by atoms with Crippen LogP contribution in [0.25, 0.3) is 22.3 Å². The van der Waals surface area contributed by atoms with Gasteiger partial charge in [0, 0.05) is 24.5 Å². The highest BCUT2D eigenvalue weighted by molar-refractivity contribution is 5.99. The minimum Gasteiger partial charge on any atom is -0.365 e. The second-order valence-corrected chi connectivity index (χ2v) is 8.85. The summed E-state index contributed by atoms with van der Waals surface area (Å²) in [5.74, 6) is -2.25. The fraction of sp³-hybridized carbons (Fsp3) is 0.107. The number of aromatic amines is 2. The van der Waals surface area contributed by atoms with E-state index in [0.717, 1.165) is 28.8 Å². The third-order valence-electron chi connectivity index (χ3n) is 6.17. The molecule has 5 aromatic rings. The number of carbonyl (C=O) groups is 1. The Balaban J connectivity index is 1.31. The number of halogens is 2. The molecule has 0 radical (unpaired) electrons. The highest BCUT2D eigenvalue weighted by atomic mass is 19.2. The van der Waals surface area contributed by atoms with Crippen molar-refractivity contribution in [1.29, 1.82) is 5.26 Å². The van der Waals surface area contributed by atoms with E-state index >= 15 is 0 Å². The summed E-state index contributed by atoms with van der Waals surface area (Å²) in [6.45, 7) is 1.97. The van der Waals surface area contributed by atoms with Crippen molar-refractivity contribution < 1.29 is 13.6 Å². The summed E-state index contributed by atoms with van der Waals surface area (Å²) in [6, 6.07) is 15.6. The summed E-state index contributed by atoms with van der Waals surface area (Å²) in [5.41, 5.74) is 4.13. The Morgan fingerprint density at radius 1 is 1.00 bits per heavy atom. The standard InChI is InChI=1S/C28H21F2N7O2/c1-15(19-6-7-22(29)23(30)9-19)35-27(38)21-8-17(11-31)13-33-25(21)32-12-16-2-4-18(5-3-16)20-10-24-26(34-14-20)37-28(39)36-24/h2-10,13-15H,12H2,1H3,(H,32,33)(H,35,38)(H2,34,36,37,39). The first-order valence-electron chi connectivity index (χ1n) is 11.9. The molecule has 0 aliphatic heterocycles. The van der Waals surface area contributed by atoms with Crippen LogP contribution in [0.4, 0.5) is 14.6 Å². The Hall–Kier alpha value is -5.37. The Labute approximate surface area is 220 Å². The van der Waals surface area contributed by atoms with Crippen LogP contribution in [0.2, 0.25) is 0 Å². The van der Waals surface area contributed by atoms with E-state index in [0.29, 0.717) is 23.3 Å². The zero-order valence-corrected chi connectivity index (χ0v) is 20.5. The molecule has 0 spiro atoms. The zero-order chi connectivity index (χ0) is 27.5. The number of pyridine rings is 2. The molecule has 1 amide bonds. The first-order valence-corrected chi connectivity index (χ1v) is 11.9. The number of hydrogen-bond donors (Lipinski definition) is 4. The molecule has 0 bridgehead atoms. The summed E-state index contributed by atoms with van der Waals surface area (Å²) >= 11 is 0. The quantitative estimate of drug-likeness (QED) is 0.246. The molecule has 9 nitrogen and oxygen atoms in total. The number of imidazole rings is 1. The van der Waals surface area contributed by atoms with Crippen LogP contribution in [0, 0.1) is 23.0 Å². The molecule has 5 rings (SSSR count). The van der Waals surface area contributed by atoms with Crippen LogP contribution in [-0.2, 0) is 6.54 Å². The van der Waals surface area contributed by atoms with Gasteiger partial charge in [-0.3, -0.25) is 9.78 Å². The van der Waals surface area contributed by atoms with Gasteiger partial charge in [0.15, 0.2) is 17.3 Å². The van der Waals surface area contributed by atoms with Crippen LogP contribution >= 0.6 is 0 Å². The monoisotopic (exact) mass is 525 g/mol. The van der Waals surface area contributed by atoms with Crippen molar-refractivity contribution >= 4 is 22.9 Å². The number of fused-ring (bicyclic) bond motifs is 1. The van der Waals surface area contributed by atoms with Crippen molar-refractivity contribution in [2.75, 3.05) is 5.32 Å². The molecule has 4 N–H and O–H groups in total. The Bertz CT molecular complexity index is 1790. The van der Waals surface area contributed by atoms with Crippen molar-refractivity contribution in [3.05, 3.63) is 111 Å². The average molecular weight is 526 g/mol. The smallest absolute Gasteiger partial charge is 0.325 e. The van der Waals surface area contributed by atoms with E-state index in [4.69, 9.17) is 0 Å². The van der Waals surface area contributed by atoms with Gasteiger partial charge in [-0.2, -0.15) is 5.26 Å². The predicted molar refractivity (Wildman–Crippen MR) is 141 cm³/mol. The van der Waals surface area contributed by atoms with Gasteiger partial charge in [-0.15, -0.1) is 0 Å². The van der Waals surface area contributed by atoms with Crippen LogP contribution in [-0.4, -0.2) is 25.8 Å². The number of hydrogen-bond acceptors (Lipinski definition) is 6. The van der Waals surface area contributed by atoms with E-state index in [2.05, 4.69) is 30.6 Å². The average Bonchev–Trinajstić information content (AvgIpc) is 3.32. The molecule has 0 aliphatic carbocycles. The third-order valence-corrected chi connectivity index (χ3v) is 6.17. The number of rotatable bonds is 7. The molecule has 0 saturated carbocycles. The van der Waals surface area contributed by atoms with Gasteiger partial charge < -0.3 is 15.6 Å². The van der Waals surface area contributed by atoms with Gasteiger partial charge >= 0.3 is 5.69 Å². The zero-order valence-electron chi connectivity index (χ0n) is 20.5. The predicted octanol–water partition coefficient (Wildman–Crippen LogP) is 4.57. The SMILES string of the molecule is CC(NC(=O)c1cc(C#N)cnc1NCc1ccc(-c2cnc3[nH]c(=O)[nH]c3c2)cc1)c1ccc(F)c(F)c1. The number of aromatic nitrogens is 4.